The third-order valence-corrected chi connectivity index (χ3v) is 4.62. The van der Waals surface area contributed by atoms with E-state index in [9.17, 15) is 14.4 Å². The number of halogens is 1. The molecule has 2 rings (SSSR count). The van der Waals surface area contributed by atoms with Gasteiger partial charge in [0, 0.05) is 23.7 Å². The van der Waals surface area contributed by atoms with E-state index in [4.69, 9.17) is 16.3 Å². The van der Waals surface area contributed by atoms with E-state index in [0.29, 0.717) is 36.5 Å². The van der Waals surface area contributed by atoms with Crippen LogP contribution >= 0.6 is 11.6 Å². The Morgan fingerprint density at radius 2 is 1.85 bits per heavy atom. The molecule has 1 fully saturated rings. The lowest BCUT2D eigenvalue weighted by Gasteiger charge is -2.37. The number of piperidine rings is 1. The maximum Gasteiger partial charge on any atom is 0.410 e. The summed E-state index contributed by atoms with van der Waals surface area (Å²) in [6.45, 7) is 6.26. The Kier molecular flexibility index (Phi) is 6.47. The molecule has 1 aromatic rings. The average Bonchev–Trinajstić information content (AvgIpc) is 2.59. The molecule has 142 valence electrons. The molecule has 0 spiro atoms. The van der Waals surface area contributed by atoms with Crippen LogP contribution in [-0.2, 0) is 9.53 Å². The normalized spacial score (nSPS) is 16.1. The Bertz CT molecular complexity index is 685. The summed E-state index contributed by atoms with van der Waals surface area (Å²) < 4.78 is 5.17. The van der Waals surface area contributed by atoms with Crippen LogP contribution in [0.15, 0.2) is 24.3 Å². The predicted molar refractivity (Wildman–Crippen MR) is 97.6 cm³/mol. The predicted octanol–water partition coefficient (Wildman–Crippen LogP) is 2.75. The second kappa shape index (κ2) is 8.40. The highest BCUT2D eigenvalue weighted by molar-refractivity contribution is 6.30. The number of carbonyl (C=O) groups excluding carboxylic acids is 3. The Morgan fingerprint density at radius 1 is 1.19 bits per heavy atom. The molecule has 0 aromatic heterocycles. The summed E-state index contributed by atoms with van der Waals surface area (Å²) in [5, 5.41) is 0.441. The van der Waals surface area contributed by atoms with Gasteiger partial charge in [-0.05, 0) is 44.9 Å². The van der Waals surface area contributed by atoms with Crippen molar-refractivity contribution in [3.05, 3.63) is 34.9 Å². The molecule has 26 heavy (non-hydrogen) atoms. The minimum absolute atomic E-state index is 0.180. The number of rotatable bonds is 3. The maximum absolute atomic E-state index is 12.5. The van der Waals surface area contributed by atoms with Crippen molar-refractivity contribution < 1.29 is 19.1 Å². The molecular formula is C18H24ClN3O4. The van der Waals surface area contributed by atoms with Gasteiger partial charge in [-0.2, -0.15) is 0 Å². The van der Waals surface area contributed by atoms with E-state index in [1.54, 1.807) is 36.9 Å². The van der Waals surface area contributed by atoms with E-state index in [-0.39, 0.29) is 18.1 Å². The van der Waals surface area contributed by atoms with Gasteiger partial charge in [0.2, 0.25) is 5.91 Å². The molecule has 3 amide bonds. The van der Waals surface area contributed by atoms with Crippen LogP contribution in [-0.4, -0.2) is 42.0 Å². The SMILES string of the molecule is CC(C)OC(=O)N1CCC(C)(C(=O)NNC(=O)c2cccc(Cl)c2)CC1. The van der Waals surface area contributed by atoms with Crippen LogP contribution in [0.5, 0.6) is 0 Å². The van der Waals surface area contributed by atoms with Crippen LogP contribution in [0.4, 0.5) is 4.79 Å². The first kappa shape index (κ1) is 20.0. The third-order valence-electron chi connectivity index (χ3n) is 4.39. The number of benzene rings is 1. The van der Waals surface area contributed by atoms with Gasteiger partial charge in [0.1, 0.15) is 0 Å². The zero-order valence-electron chi connectivity index (χ0n) is 15.2. The van der Waals surface area contributed by atoms with Gasteiger partial charge in [-0.1, -0.05) is 24.6 Å². The van der Waals surface area contributed by atoms with Crippen LogP contribution in [0.1, 0.15) is 44.0 Å². The van der Waals surface area contributed by atoms with Gasteiger partial charge in [0.25, 0.3) is 5.91 Å². The molecular weight excluding hydrogens is 358 g/mol. The number of amides is 3. The summed E-state index contributed by atoms with van der Waals surface area (Å²) in [5.41, 5.74) is 4.56. The highest BCUT2D eigenvalue weighted by Crippen LogP contribution is 2.31. The lowest BCUT2D eigenvalue weighted by Crippen LogP contribution is -2.53. The molecule has 0 unspecified atom stereocenters. The molecule has 0 radical (unpaired) electrons. The summed E-state index contributed by atoms with van der Waals surface area (Å²) in [4.78, 5) is 38.1. The third kappa shape index (κ3) is 5.11. The lowest BCUT2D eigenvalue weighted by molar-refractivity contribution is -0.133. The smallest absolute Gasteiger partial charge is 0.410 e. The van der Waals surface area contributed by atoms with Crippen molar-refractivity contribution in [2.45, 2.75) is 39.7 Å². The highest BCUT2D eigenvalue weighted by Gasteiger charge is 2.38. The Labute approximate surface area is 158 Å². The molecule has 0 aliphatic carbocycles. The van der Waals surface area contributed by atoms with Crippen LogP contribution in [0.25, 0.3) is 0 Å². The van der Waals surface area contributed by atoms with E-state index >= 15 is 0 Å². The molecule has 1 saturated heterocycles. The summed E-state index contributed by atoms with van der Waals surface area (Å²) in [5.74, 6) is -0.729. The first-order chi connectivity index (χ1) is 12.2. The molecule has 7 nitrogen and oxygen atoms in total. The quantitative estimate of drug-likeness (QED) is 0.788. The van der Waals surface area contributed by atoms with Crippen LogP contribution in [0, 0.1) is 5.41 Å². The first-order valence-electron chi connectivity index (χ1n) is 8.53. The minimum atomic E-state index is -0.670. The summed E-state index contributed by atoms with van der Waals surface area (Å²) >= 11 is 5.86. The number of nitrogens with one attached hydrogen (secondary N) is 2. The molecule has 2 N–H and O–H groups in total. The number of ether oxygens (including phenoxy) is 1. The summed E-state index contributed by atoms with van der Waals surface area (Å²) in [7, 11) is 0. The fraction of sp³-hybridized carbons (Fsp3) is 0.500. The van der Waals surface area contributed by atoms with Gasteiger partial charge in [0.15, 0.2) is 0 Å². The highest BCUT2D eigenvalue weighted by atomic mass is 35.5. The maximum atomic E-state index is 12.5. The topological polar surface area (TPSA) is 87.7 Å². The molecule has 0 bridgehead atoms. The van der Waals surface area contributed by atoms with E-state index in [2.05, 4.69) is 10.9 Å². The van der Waals surface area contributed by atoms with Crippen molar-refractivity contribution in [2.75, 3.05) is 13.1 Å². The lowest BCUT2D eigenvalue weighted by atomic mass is 9.80. The van der Waals surface area contributed by atoms with E-state index in [0.717, 1.165) is 0 Å². The first-order valence-corrected chi connectivity index (χ1v) is 8.91. The largest absolute Gasteiger partial charge is 0.447 e. The van der Waals surface area contributed by atoms with Crippen molar-refractivity contribution in [3.8, 4) is 0 Å². The summed E-state index contributed by atoms with van der Waals surface area (Å²) in [6, 6.07) is 6.44. The Morgan fingerprint density at radius 3 is 2.42 bits per heavy atom. The zero-order chi connectivity index (χ0) is 19.3. The number of nitrogens with zero attached hydrogens (tertiary/aromatic N) is 1. The molecule has 0 atom stereocenters. The Hall–Kier alpha value is -2.28. The monoisotopic (exact) mass is 381 g/mol. The van der Waals surface area contributed by atoms with Gasteiger partial charge in [-0.15, -0.1) is 0 Å². The molecule has 1 aliphatic heterocycles. The van der Waals surface area contributed by atoms with E-state index in [1.165, 1.54) is 6.07 Å². The molecule has 8 heteroatoms. The number of likely N-dealkylation sites (tertiary alicyclic amines) is 1. The van der Waals surface area contributed by atoms with Crippen molar-refractivity contribution >= 4 is 29.5 Å². The van der Waals surface area contributed by atoms with Crippen molar-refractivity contribution in [1.29, 1.82) is 0 Å². The number of hydrazine groups is 1. The van der Waals surface area contributed by atoms with E-state index < -0.39 is 11.3 Å². The van der Waals surface area contributed by atoms with Crippen LogP contribution < -0.4 is 10.9 Å². The minimum Gasteiger partial charge on any atom is -0.447 e. The fourth-order valence-electron chi connectivity index (χ4n) is 2.65. The van der Waals surface area contributed by atoms with Gasteiger partial charge < -0.3 is 9.64 Å². The van der Waals surface area contributed by atoms with Crippen LogP contribution in [0.3, 0.4) is 0 Å². The van der Waals surface area contributed by atoms with Gasteiger partial charge in [0.05, 0.1) is 11.5 Å². The van der Waals surface area contributed by atoms with Crippen molar-refractivity contribution in [2.24, 2.45) is 5.41 Å². The van der Waals surface area contributed by atoms with Crippen LogP contribution in [0.2, 0.25) is 5.02 Å². The number of hydrogen-bond donors (Lipinski definition) is 2. The van der Waals surface area contributed by atoms with E-state index in [1.807, 2.05) is 6.92 Å². The second-order valence-corrected chi connectivity index (χ2v) is 7.34. The molecule has 1 aliphatic rings. The fourth-order valence-corrected chi connectivity index (χ4v) is 2.84. The number of carbonyl (C=O) groups is 3. The van der Waals surface area contributed by atoms with Gasteiger partial charge >= 0.3 is 6.09 Å². The molecule has 1 heterocycles. The van der Waals surface area contributed by atoms with Crippen molar-refractivity contribution in [3.63, 3.8) is 0 Å². The van der Waals surface area contributed by atoms with Crippen molar-refractivity contribution in [1.82, 2.24) is 15.8 Å². The number of hydrogen-bond acceptors (Lipinski definition) is 4. The van der Waals surface area contributed by atoms with Gasteiger partial charge in [-0.25, -0.2) is 4.79 Å². The second-order valence-electron chi connectivity index (χ2n) is 6.90. The molecule has 1 aromatic carbocycles. The zero-order valence-corrected chi connectivity index (χ0v) is 15.9. The van der Waals surface area contributed by atoms with Gasteiger partial charge in [-0.3, -0.25) is 20.4 Å². The molecule has 0 saturated carbocycles. The Balaban J connectivity index is 1.86. The standard InChI is InChI=1S/C18H24ClN3O4/c1-12(2)26-17(25)22-9-7-18(3,8-10-22)16(24)21-20-15(23)13-5-4-6-14(19)11-13/h4-6,11-12H,7-10H2,1-3H3,(H,20,23)(H,21,24). The average molecular weight is 382 g/mol. The summed E-state index contributed by atoms with van der Waals surface area (Å²) in [6.07, 6.45) is 0.426.